The third kappa shape index (κ3) is 6.63. The summed E-state index contributed by atoms with van der Waals surface area (Å²) in [5, 5.41) is 6.04. The molecule has 1 heterocycles. The summed E-state index contributed by atoms with van der Waals surface area (Å²) < 4.78 is 41.7. The van der Waals surface area contributed by atoms with E-state index in [0.29, 0.717) is 44.0 Å². The van der Waals surface area contributed by atoms with Gasteiger partial charge in [0.1, 0.15) is 5.75 Å². The van der Waals surface area contributed by atoms with Crippen molar-refractivity contribution in [3.05, 3.63) is 65.2 Å². The molecule has 1 amide bonds. The number of alkyl halides is 3. The van der Waals surface area contributed by atoms with E-state index in [4.69, 9.17) is 0 Å². The number of aliphatic imine (C=N–C) groups is 1. The monoisotopic (exact) mass is 434 g/mol. The van der Waals surface area contributed by atoms with Gasteiger partial charge < -0.3 is 20.3 Å². The smallest absolute Gasteiger partial charge is 0.405 e. The second-order valence-corrected chi connectivity index (χ2v) is 7.13. The summed E-state index contributed by atoms with van der Waals surface area (Å²) in [6, 6.07) is 14.0. The van der Waals surface area contributed by atoms with E-state index >= 15 is 0 Å². The maximum Gasteiger partial charge on any atom is 0.573 e. The predicted octanol–water partition coefficient (Wildman–Crippen LogP) is 3.57. The first-order valence-electron chi connectivity index (χ1n) is 9.98. The highest BCUT2D eigenvalue weighted by molar-refractivity contribution is 5.80. The van der Waals surface area contributed by atoms with E-state index in [1.807, 2.05) is 29.2 Å². The van der Waals surface area contributed by atoms with E-state index in [0.717, 1.165) is 0 Å². The zero-order chi connectivity index (χ0) is 22.3. The van der Waals surface area contributed by atoms with Crippen molar-refractivity contribution in [2.45, 2.75) is 38.8 Å². The molecule has 0 radical (unpaired) electrons. The maximum absolute atomic E-state index is 12.5. The van der Waals surface area contributed by atoms with Gasteiger partial charge in [0.05, 0.1) is 0 Å². The Bertz CT molecular complexity index is 906. The van der Waals surface area contributed by atoms with Crippen molar-refractivity contribution in [1.29, 1.82) is 0 Å². The van der Waals surface area contributed by atoms with Crippen molar-refractivity contribution in [2.75, 3.05) is 13.6 Å². The topological polar surface area (TPSA) is 66.0 Å². The minimum Gasteiger partial charge on any atom is -0.405 e. The first-order chi connectivity index (χ1) is 14.9. The normalized spacial score (nSPS) is 13.7. The number of rotatable bonds is 7. The number of guanidine groups is 1. The number of benzene rings is 2. The molecule has 0 aromatic heterocycles. The van der Waals surface area contributed by atoms with Crippen LogP contribution < -0.4 is 15.4 Å². The summed E-state index contributed by atoms with van der Waals surface area (Å²) >= 11 is 0. The van der Waals surface area contributed by atoms with E-state index in [1.165, 1.54) is 23.3 Å². The van der Waals surface area contributed by atoms with Gasteiger partial charge in [0.2, 0.25) is 5.91 Å². The summed E-state index contributed by atoms with van der Waals surface area (Å²) in [6.45, 7) is 1.90. The van der Waals surface area contributed by atoms with Gasteiger partial charge >= 0.3 is 6.36 Å². The molecule has 1 aliphatic rings. The summed E-state index contributed by atoms with van der Waals surface area (Å²) in [5.74, 6) is 0.275. The lowest BCUT2D eigenvalue weighted by Crippen LogP contribution is -2.37. The Kier molecular flexibility index (Phi) is 7.38. The lowest BCUT2D eigenvalue weighted by atomic mass is 10.1. The van der Waals surface area contributed by atoms with Crippen molar-refractivity contribution in [3.8, 4) is 5.75 Å². The van der Waals surface area contributed by atoms with Crippen molar-refractivity contribution >= 4 is 11.9 Å². The van der Waals surface area contributed by atoms with Crippen molar-refractivity contribution in [2.24, 2.45) is 4.99 Å². The van der Waals surface area contributed by atoms with Crippen molar-refractivity contribution in [1.82, 2.24) is 15.5 Å². The SMILES string of the molecule is CN=C(NCCCC(=O)N1Cc2ccccc2C1)NCc1ccccc1OC(F)(F)F. The summed E-state index contributed by atoms with van der Waals surface area (Å²) in [5.41, 5.74) is 2.73. The van der Waals surface area contributed by atoms with Crippen molar-refractivity contribution in [3.63, 3.8) is 0 Å². The Hall–Kier alpha value is -3.23. The molecule has 0 atom stereocenters. The average Bonchev–Trinajstić information content (AvgIpc) is 3.17. The van der Waals surface area contributed by atoms with Crippen LogP contribution in [-0.4, -0.2) is 36.7 Å². The molecule has 2 aromatic rings. The molecule has 0 fully saturated rings. The zero-order valence-electron chi connectivity index (χ0n) is 17.2. The lowest BCUT2D eigenvalue weighted by Gasteiger charge is -2.17. The first kappa shape index (κ1) is 22.5. The Labute approximate surface area is 179 Å². The molecule has 2 N–H and O–H groups in total. The van der Waals surface area contributed by atoms with Crippen LogP contribution in [-0.2, 0) is 24.4 Å². The van der Waals surface area contributed by atoms with Gasteiger partial charge in [-0.2, -0.15) is 0 Å². The van der Waals surface area contributed by atoms with E-state index in [-0.39, 0.29) is 18.2 Å². The number of hydrogen-bond acceptors (Lipinski definition) is 3. The van der Waals surface area contributed by atoms with Crippen LogP contribution in [0.4, 0.5) is 13.2 Å². The van der Waals surface area contributed by atoms with Crippen molar-refractivity contribution < 1.29 is 22.7 Å². The number of nitrogens with zero attached hydrogens (tertiary/aromatic N) is 2. The molecule has 3 rings (SSSR count). The largest absolute Gasteiger partial charge is 0.573 e. The number of fused-ring (bicyclic) bond motifs is 1. The van der Waals surface area contributed by atoms with Gasteiger partial charge in [-0.1, -0.05) is 42.5 Å². The Balaban J connectivity index is 1.40. The molecular weight excluding hydrogens is 409 g/mol. The number of hydrogen-bond donors (Lipinski definition) is 2. The highest BCUT2D eigenvalue weighted by Gasteiger charge is 2.32. The third-order valence-corrected chi connectivity index (χ3v) is 4.92. The highest BCUT2D eigenvalue weighted by Crippen LogP contribution is 2.26. The molecule has 166 valence electrons. The quantitative estimate of drug-likeness (QED) is 0.397. The second kappa shape index (κ2) is 10.2. The molecule has 6 nitrogen and oxygen atoms in total. The van der Waals surface area contributed by atoms with E-state index < -0.39 is 6.36 Å². The molecule has 2 aromatic carbocycles. The van der Waals surface area contributed by atoms with Gasteiger partial charge in [0, 0.05) is 45.2 Å². The number of nitrogens with one attached hydrogen (secondary N) is 2. The standard InChI is InChI=1S/C22H25F3N4O2/c1-26-21(28-13-16-7-4-5-10-19(16)31-22(23,24)25)27-12-6-11-20(30)29-14-17-8-2-3-9-18(17)15-29/h2-5,7-10H,6,11-15H2,1H3,(H2,26,27,28). The number of amides is 1. The molecule has 1 aliphatic heterocycles. The fraction of sp³-hybridized carbons (Fsp3) is 0.364. The molecule has 0 saturated carbocycles. The van der Waals surface area contributed by atoms with Gasteiger partial charge in [0.25, 0.3) is 0 Å². The number of para-hydroxylation sites is 1. The minimum absolute atomic E-state index is 0.0965. The molecular formula is C22H25F3N4O2. The van der Waals surface area contributed by atoms with Gasteiger partial charge in [-0.3, -0.25) is 9.79 Å². The zero-order valence-corrected chi connectivity index (χ0v) is 17.2. The Morgan fingerprint density at radius 1 is 1.06 bits per heavy atom. The lowest BCUT2D eigenvalue weighted by molar-refractivity contribution is -0.274. The minimum atomic E-state index is -4.75. The Morgan fingerprint density at radius 2 is 1.71 bits per heavy atom. The number of carbonyl (C=O) groups excluding carboxylic acids is 1. The van der Waals surface area contributed by atoms with Gasteiger partial charge in [-0.15, -0.1) is 13.2 Å². The number of ether oxygens (including phenoxy) is 1. The molecule has 0 aliphatic carbocycles. The maximum atomic E-state index is 12.5. The summed E-state index contributed by atoms with van der Waals surface area (Å²) in [6.07, 6.45) is -3.74. The van der Waals surface area contributed by atoms with Crippen LogP contribution in [0.1, 0.15) is 29.5 Å². The predicted molar refractivity (Wildman–Crippen MR) is 111 cm³/mol. The van der Waals surface area contributed by atoms with Crippen LogP contribution in [0.25, 0.3) is 0 Å². The molecule has 0 bridgehead atoms. The number of halogens is 3. The first-order valence-corrected chi connectivity index (χ1v) is 9.98. The van der Waals surface area contributed by atoms with Crippen LogP contribution in [0.3, 0.4) is 0 Å². The fourth-order valence-electron chi connectivity index (χ4n) is 3.39. The van der Waals surface area contributed by atoms with Crippen LogP contribution >= 0.6 is 0 Å². The number of carbonyl (C=O) groups is 1. The van der Waals surface area contributed by atoms with E-state index in [9.17, 15) is 18.0 Å². The van der Waals surface area contributed by atoms with Crippen LogP contribution in [0.5, 0.6) is 5.75 Å². The van der Waals surface area contributed by atoms with E-state index in [1.54, 1.807) is 19.2 Å². The van der Waals surface area contributed by atoms with Crippen LogP contribution in [0, 0.1) is 0 Å². The molecule has 9 heteroatoms. The molecule has 0 spiro atoms. The van der Waals surface area contributed by atoms with Crippen LogP contribution in [0.15, 0.2) is 53.5 Å². The molecule has 31 heavy (non-hydrogen) atoms. The third-order valence-electron chi connectivity index (χ3n) is 4.92. The van der Waals surface area contributed by atoms with Crippen LogP contribution in [0.2, 0.25) is 0 Å². The molecule has 0 saturated heterocycles. The van der Waals surface area contributed by atoms with Gasteiger partial charge in [0.15, 0.2) is 5.96 Å². The fourth-order valence-corrected chi connectivity index (χ4v) is 3.39. The van der Waals surface area contributed by atoms with E-state index in [2.05, 4.69) is 20.4 Å². The Morgan fingerprint density at radius 3 is 2.35 bits per heavy atom. The average molecular weight is 434 g/mol. The molecule has 0 unspecified atom stereocenters. The second-order valence-electron chi connectivity index (χ2n) is 7.13. The summed E-state index contributed by atoms with van der Waals surface area (Å²) in [4.78, 5) is 18.3. The van der Waals surface area contributed by atoms with Gasteiger partial charge in [-0.25, -0.2) is 0 Å². The summed E-state index contributed by atoms with van der Waals surface area (Å²) in [7, 11) is 1.57. The highest BCUT2D eigenvalue weighted by atomic mass is 19.4. The van der Waals surface area contributed by atoms with Gasteiger partial charge in [-0.05, 0) is 23.6 Å².